The van der Waals surface area contributed by atoms with Crippen LogP contribution in [-0.4, -0.2) is 50.2 Å². The van der Waals surface area contributed by atoms with Gasteiger partial charge in [-0.05, 0) is 74.2 Å². The molecule has 1 saturated heterocycles. The largest absolute Gasteiger partial charge is 0.465 e. The fourth-order valence-corrected chi connectivity index (χ4v) is 4.68. The predicted molar refractivity (Wildman–Crippen MR) is 132 cm³/mol. The van der Waals surface area contributed by atoms with Gasteiger partial charge >= 0.3 is 5.97 Å². The maximum absolute atomic E-state index is 12.5. The lowest BCUT2D eigenvalue weighted by molar-refractivity contribution is -0.0395. The van der Waals surface area contributed by atoms with Crippen LogP contribution in [-0.2, 0) is 9.47 Å². The van der Waals surface area contributed by atoms with Gasteiger partial charge in [0.05, 0.1) is 24.9 Å². The number of hydrogen-bond donors (Lipinski definition) is 2. The number of methoxy groups -OCH3 is 1. The minimum atomic E-state index is -0.482. The number of nitrogens with one attached hydrogen (secondary N) is 2. The number of esters is 1. The Kier molecular flexibility index (Phi) is 8.36. The number of ether oxygens (including phenoxy) is 2. The lowest BCUT2D eigenvalue weighted by Gasteiger charge is -2.36. The minimum Gasteiger partial charge on any atom is -0.465 e. The third-order valence-electron chi connectivity index (χ3n) is 6.73. The van der Waals surface area contributed by atoms with Crippen molar-refractivity contribution in [2.45, 2.75) is 57.2 Å². The smallest absolute Gasteiger partial charge is 0.337 e. The molecule has 186 valence electrons. The number of nitrogens with zero attached hydrogens (tertiary/aromatic N) is 1. The van der Waals surface area contributed by atoms with E-state index in [1.807, 2.05) is 12.1 Å². The first-order chi connectivity index (χ1) is 17.0. The molecule has 0 bridgehead atoms. The Morgan fingerprint density at radius 3 is 1.74 bits per heavy atom. The lowest BCUT2D eigenvalue weighted by atomic mass is 9.97. The summed E-state index contributed by atoms with van der Waals surface area (Å²) in [4.78, 5) is 38.6. The monoisotopic (exact) mass is 479 g/mol. The van der Waals surface area contributed by atoms with Crippen molar-refractivity contribution in [3.63, 3.8) is 0 Å². The van der Waals surface area contributed by atoms with Gasteiger partial charge < -0.3 is 14.4 Å². The van der Waals surface area contributed by atoms with Crippen molar-refractivity contribution in [2.24, 2.45) is 0 Å². The zero-order valence-corrected chi connectivity index (χ0v) is 20.1. The summed E-state index contributed by atoms with van der Waals surface area (Å²) in [6, 6.07) is 13.4. The van der Waals surface area contributed by atoms with Crippen LogP contribution < -0.4 is 15.8 Å². The number of anilines is 1. The Labute approximate surface area is 205 Å². The van der Waals surface area contributed by atoms with Crippen LogP contribution in [0.5, 0.6) is 0 Å². The van der Waals surface area contributed by atoms with E-state index in [0.29, 0.717) is 28.9 Å². The van der Waals surface area contributed by atoms with Crippen molar-refractivity contribution >= 4 is 23.5 Å². The van der Waals surface area contributed by atoms with Gasteiger partial charge in [0.15, 0.2) is 0 Å². The molecule has 2 aliphatic rings. The topological polar surface area (TPSA) is 97.0 Å². The Morgan fingerprint density at radius 2 is 1.20 bits per heavy atom. The average Bonchev–Trinajstić information content (AvgIpc) is 2.92. The van der Waals surface area contributed by atoms with E-state index in [1.54, 1.807) is 12.1 Å². The van der Waals surface area contributed by atoms with Crippen LogP contribution in [0.25, 0.3) is 0 Å². The van der Waals surface area contributed by atoms with Gasteiger partial charge in [-0.25, -0.2) is 4.79 Å². The first-order valence-electron chi connectivity index (χ1n) is 12.3. The molecule has 0 aromatic heterocycles. The van der Waals surface area contributed by atoms with Crippen LogP contribution in [0.2, 0.25) is 0 Å². The Morgan fingerprint density at radius 1 is 0.714 bits per heavy atom. The zero-order chi connectivity index (χ0) is 24.6. The number of benzene rings is 2. The lowest BCUT2D eigenvalue weighted by Crippen LogP contribution is -2.41. The van der Waals surface area contributed by atoms with Crippen LogP contribution in [0.1, 0.15) is 76.0 Å². The second kappa shape index (κ2) is 11.8. The van der Waals surface area contributed by atoms with Crippen molar-refractivity contribution in [1.29, 1.82) is 0 Å². The molecule has 0 unspecified atom stereocenters. The van der Waals surface area contributed by atoms with Gasteiger partial charge in [-0.1, -0.05) is 19.3 Å². The maximum atomic E-state index is 12.5. The summed E-state index contributed by atoms with van der Waals surface area (Å²) in [7, 11) is 1.29. The molecule has 1 saturated carbocycles. The third kappa shape index (κ3) is 6.60. The first kappa shape index (κ1) is 24.7. The number of carbonyl (C=O) groups is 3. The standard InChI is InChI=1S/C27H33N3O5/c1-34-27(33)21-9-7-19(8-10-21)25(31)28-29-26(32)20-11-13-22(14-12-20)30-17-15-24(16-18-30)35-23-5-3-2-4-6-23/h7-14,23-24H,2-6,15-18H2,1H3,(H,28,31)(H,29,32). The van der Waals surface area contributed by atoms with Gasteiger partial charge in [0.1, 0.15) is 0 Å². The minimum absolute atomic E-state index is 0.309. The second-order valence-electron chi connectivity index (χ2n) is 9.11. The highest BCUT2D eigenvalue weighted by molar-refractivity contribution is 5.99. The number of hydrogen-bond acceptors (Lipinski definition) is 6. The zero-order valence-electron chi connectivity index (χ0n) is 20.1. The average molecular weight is 480 g/mol. The summed E-state index contributed by atoms with van der Waals surface area (Å²) >= 11 is 0. The number of piperidine rings is 1. The molecule has 8 heteroatoms. The molecule has 1 aliphatic carbocycles. The van der Waals surface area contributed by atoms with Crippen molar-refractivity contribution < 1.29 is 23.9 Å². The molecule has 4 rings (SSSR count). The van der Waals surface area contributed by atoms with E-state index in [1.165, 1.54) is 63.5 Å². The molecule has 35 heavy (non-hydrogen) atoms. The molecule has 2 aromatic carbocycles. The predicted octanol–water partition coefficient (Wildman–Crippen LogP) is 3.87. The van der Waals surface area contributed by atoms with Crippen molar-refractivity contribution in [3.8, 4) is 0 Å². The van der Waals surface area contributed by atoms with E-state index < -0.39 is 17.8 Å². The molecule has 2 aromatic rings. The summed E-state index contributed by atoms with van der Waals surface area (Å²) in [6.07, 6.45) is 9.14. The van der Waals surface area contributed by atoms with E-state index in [9.17, 15) is 14.4 Å². The molecule has 0 spiro atoms. The van der Waals surface area contributed by atoms with Crippen LogP contribution in [0.4, 0.5) is 5.69 Å². The fraction of sp³-hybridized carbons (Fsp3) is 0.444. The Hall–Kier alpha value is -3.39. The Bertz CT molecular complexity index is 1010. The molecule has 0 radical (unpaired) electrons. The number of amides is 2. The van der Waals surface area contributed by atoms with Gasteiger partial charge in [-0.15, -0.1) is 0 Å². The molecular formula is C27H33N3O5. The molecule has 2 fully saturated rings. The molecule has 8 nitrogen and oxygen atoms in total. The van der Waals surface area contributed by atoms with Gasteiger partial charge in [0.2, 0.25) is 0 Å². The van der Waals surface area contributed by atoms with E-state index in [0.717, 1.165) is 31.6 Å². The number of carbonyl (C=O) groups excluding carboxylic acids is 3. The van der Waals surface area contributed by atoms with Crippen LogP contribution in [0, 0.1) is 0 Å². The highest BCUT2D eigenvalue weighted by Gasteiger charge is 2.24. The molecule has 1 aliphatic heterocycles. The van der Waals surface area contributed by atoms with E-state index >= 15 is 0 Å². The van der Waals surface area contributed by atoms with Crippen LogP contribution >= 0.6 is 0 Å². The van der Waals surface area contributed by atoms with Gasteiger partial charge in [-0.3, -0.25) is 20.4 Å². The first-order valence-corrected chi connectivity index (χ1v) is 12.3. The van der Waals surface area contributed by atoms with Crippen molar-refractivity contribution in [1.82, 2.24) is 10.9 Å². The fourth-order valence-electron chi connectivity index (χ4n) is 4.68. The molecule has 2 amide bonds. The molecule has 1 heterocycles. The number of hydrazine groups is 1. The highest BCUT2D eigenvalue weighted by Crippen LogP contribution is 2.26. The van der Waals surface area contributed by atoms with Gasteiger partial charge in [0.25, 0.3) is 11.8 Å². The van der Waals surface area contributed by atoms with E-state index in [-0.39, 0.29) is 0 Å². The quantitative estimate of drug-likeness (QED) is 0.482. The molecular weight excluding hydrogens is 446 g/mol. The third-order valence-corrected chi connectivity index (χ3v) is 6.73. The van der Waals surface area contributed by atoms with Gasteiger partial charge in [-0.2, -0.15) is 0 Å². The van der Waals surface area contributed by atoms with E-state index in [4.69, 9.17) is 4.74 Å². The molecule has 0 atom stereocenters. The highest BCUT2D eigenvalue weighted by atomic mass is 16.5. The summed E-state index contributed by atoms with van der Waals surface area (Å²) in [5, 5.41) is 0. The summed E-state index contributed by atoms with van der Waals surface area (Å²) in [5.74, 6) is -1.37. The summed E-state index contributed by atoms with van der Waals surface area (Å²) in [6.45, 7) is 1.88. The maximum Gasteiger partial charge on any atom is 0.337 e. The van der Waals surface area contributed by atoms with Crippen molar-refractivity contribution in [2.75, 3.05) is 25.1 Å². The van der Waals surface area contributed by atoms with Crippen molar-refractivity contribution in [3.05, 3.63) is 65.2 Å². The van der Waals surface area contributed by atoms with Gasteiger partial charge in [0, 0.05) is 29.9 Å². The normalized spacial score (nSPS) is 17.0. The second-order valence-corrected chi connectivity index (χ2v) is 9.11. The van der Waals surface area contributed by atoms with E-state index in [2.05, 4.69) is 20.5 Å². The number of rotatable bonds is 6. The SMILES string of the molecule is COC(=O)c1ccc(C(=O)NNC(=O)c2ccc(N3CCC(OC4CCCCC4)CC3)cc2)cc1. The van der Waals surface area contributed by atoms with Crippen LogP contribution in [0.15, 0.2) is 48.5 Å². The van der Waals surface area contributed by atoms with Crippen LogP contribution in [0.3, 0.4) is 0 Å². The Balaban J connectivity index is 1.23. The summed E-state index contributed by atoms with van der Waals surface area (Å²) < 4.78 is 11.0. The molecule has 2 N–H and O–H groups in total. The summed E-state index contributed by atoms with van der Waals surface area (Å²) in [5.41, 5.74) is 7.00.